The Bertz CT molecular complexity index is 855. The molecule has 2 aliphatic rings. The molecule has 2 aromatic rings. The smallest absolute Gasteiger partial charge is 0.225 e. The molecule has 0 radical (unpaired) electrons. The molecular formula is C26H34FN3O. The molecule has 1 aromatic carbocycles. The number of anilines is 1. The number of rotatable bonds is 7. The Kier molecular flexibility index (Phi) is 7.66. The SMILES string of the molecule is O=C(CC1CCCCC1)Nc1ncc(-c2ccc(F)cc2)nc1CCC1CCCCC1. The van der Waals surface area contributed by atoms with Crippen LogP contribution in [0.15, 0.2) is 30.5 Å². The molecule has 0 saturated heterocycles. The lowest BCUT2D eigenvalue weighted by Crippen LogP contribution is -2.20. The lowest BCUT2D eigenvalue weighted by atomic mass is 9.85. The highest BCUT2D eigenvalue weighted by Gasteiger charge is 2.20. The van der Waals surface area contributed by atoms with Crippen molar-refractivity contribution in [3.05, 3.63) is 42.0 Å². The van der Waals surface area contributed by atoms with Gasteiger partial charge < -0.3 is 5.32 Å². The summed E-state index contributed by atoms with van der Waals surface area (Å²) in [6.45, 7) is 0. The highest BCUT2D eigenvalue weighted by molar-refractivity contribution is 5.90. The lowest BCUT2D eigenvalue weighted by molar-refractivity contribution is -0.117. The van der Waals surface area contributed by atoms with E-state index in [4.69, 9.17) is 4.98 Å². The van der Waals surface area contributed by atoms with E-state index in [2.05, 4.69) is 10.3 Å². The van der Waals surface area contributed by atoms with Crippen LogP contribution >= 0.6 is 0 Å². The molecular weight excluding hydrogens is 389 g/mol. The van der Waals surface area contributed by atoms with Gasteiger partial charge in [0, 0.05) is 12.0 Å². The maximum absolute atomic E-state index is 13.3. The number of nitrogens with zero attached hydrogens (tertiary/aromatic N) is 2. The van der Waals surface area contributed by atoms with E-state index >= 15 is 0 Å². The van der Waals surface area contributed by atoms with Gasteiger partial charge in [-0.2, -0.15) is 0 Å². The van der Waals surface area contributed by atoms with Crippen molar-refractivity contribution in [1.82, 2.24) is 9.97 Å². The van der Waals surface area contributed by atoms with Crippen molar-refractivity contribution in [2.24, 2.45) is 11.8 Å². The summed E-state index contributed by atoms with van der Waals surface area (Å²) in [4.78, 5) is 22.2. The number of halogens is 1. The second kappa shape index (κ2) is 10.8. The number of carbonyl (C=O) groups is 1. The Balaban J connectivity index is 1.49. The number of aryl methyl sites for hydroxylation is 1. The third kappa shape index (κ3) is 6.34. The summed E-state index contributed by atoms with van der Waals surface area (Å²) in [6.07, 6.45) is 16.8. The van der Waals surface area contributed by atoms with E-state index in [1.165, 1.54) is 63.5 Å². The van der Waals surface area contributed by atoms with E-state index in [0.717, 1.165) is 48.6 Å². The molecule has 1 amide bonds. The molecule has 4 rings (SSSR count). The summed E-state index contributed by atoms with van der Waals surface area (Å²) >= 11 is 0. The first-order chi connectivity index (χ1) is 15.2. The Morgan fingerprint density at radius 2 is 1.58 bits per heavy atom. The predicted octanol–water partition coefficient (Wildman–Crippen LogP) is 6.70. The zero-order valence-corrected chi connectivity index (χ0v) is 18.4. The molecule has 1 heterocycles. The van der Waals surface area contributed by atoms with Crippen molar-refractivity contribution in [2.45, 2.75) is 83.5 Å². The first-order valence-corrected chi connectivity index (χ1v) is 12.1. The van der Waals surface area contributed by atoms with Gasteiger partial charge in [0.1, 0.15) is 5.82 Å². The summed E-state index contributed by atoms with van der Waals surface area (Å²) in [5.74, 6) is 1.61. The maximum Gasteiger partial charge on any atom is 0.225 e. The molecule has 2 aliphatic carbocycles. The van der Waals surface area contributed by atoms with Gasteiger partial charge in [0.2, 0.25) is 5.91 Å². The van der Waals surface area contributed by atoms with Gasteiger partial charge in [0.25, 0.3) is 0 Å². The number of hydrogen-bond acceptors (Lipinski definition) is 3. The highest BCUT2D eigenvalue weighted by Crippen LogP contribution is 2.30. The first-order valence-electron chi connectivity index (χ1n) is 12.1. The monoisotopic (exact) mass is 423 g/mol. The summed E-state index contributed by atoms with van der Waals surface area (Å²) in [6, 6.07) is 6.34. The van der Waals surface area contributed by atoms with Crippen LogP contribution in [0.5, 0.6) is 0 Å². The molecule has 4 nitrogen and oxygen atoms in total. The van der Waals surface area contributed by atoms with Gasteiger partial charge in [-0.3, -0.25) is 4.79 Å². The minimum Gasteiger partial charge on any atom is -0.309 e. The molecule has 31 heavy (non-hydrogen) atoms. The second-order valence-corrected chi connectivity index (χ2v) is 9.36. The van der Waals surface area contributed by atoms with Gasteiger partial charge in [-0.15, -0.1) is 0 Å². The predicted molar refractivity (Wildman–Crippen MR) is 122 cm³/mol. The highest BCUT2D eigenvalue weighted by atomic mass is 19.1. The van der Waals surface area contributed by atoms with Gasteiger partial charge >= 0.3 is 0 Å². The average molecular weight is 424 g/mol. The van der Waals surface area contributed by atoms with E-state index in [1.807, 2.05) is 0 Å². The molecule has 0 unspecified atom stereocenters. The summed E-state index contributed by atoms with van der Waals surface area (Å²) in [5, 5.41) is 3.06. The Labute approximate surface area is 185 Å². The standard InChI is InChI=1S/C26H34FN3O/c27-22-14-12-21(13-15-22)24-18-28-26(30-25(31)17-20-9-5-2-6-10-20)23(29-24)16-11-19-7-3-1-4-8-19/h12-15,18-20H,1-11,16-17H2,(H,28,30,31). The van der Waals surface area contributed by atoms with Gasteiger partial charge in [-0.05, 0) is 61.8 Å². The zero-order chi connectivity index (χ0) is 21.5. The molecule has 0 aliphatic heterocycles. The third-order valence-corrected chi connectivity index (χ3v) is 6.96. The van der Waals surface area contributed by atoms with Crippen molar-refractivity contribution in [3.63, 3.8) is 0 Å². The molecule has 1 N–H and O–H groups in total. The van der Waals surface area contributed by atoms with Gasteiger partial charge in [-0.25, -0.2) is 14.4 Å². The van der Waals surface area contributed by atoms with Crippen LogP contribution in [0.4, 0.5) is 10.2 Å². The molecule has 0 spiro atoms. The number of nitrogens with one attached hydrogen (secondary N) is 1. The Morgan fingerprint density at radius 3 is 2.26 bits per heavy atom. The number of hydrogen-bond donors (Lipinski definition) is 1. The number of benzene rings is 1. The van der Waals surface area contributed by atoms with Crippen LogP contribution in [0, 0.1) is 17.7 Å². The minimum absolute atomic E-state index is 0.0506. The van der Waals surface area contributed by atoms with E-state index in [1.54, 1.807) is 18.3 Å². The van der Waals surface area contributed by atoms with Crippen LogP contribution in [0.1, 0.15) is 82.7 Å². The van der Waals surface area contributed by atoms with Crippen molar-refractivity contribution >= 4 is 11.7 Å². The van der Waals surface area contributed by atoms with E-state index in [9.17, 15) is 9.18 Å². The lowest BCUT2D eigenvalue weighted by Gasteiger charge is -2.22. The topological polar surface area (TPSA) is 54.9 Å². The van der Waals surface area contributed by atoms with Gasteiger partial charge in [0.05, 0.1) is 17.6 Å². The Morgan fingerprint density at radius 1 is 0.935 bits per heavy atom. The zero-order valence-electron chi connectivity index (χ0n) is 18.4. The van der Waals surface area contributed by atoms with Crippen LogP contribution in [-0.4, -0.2) is 15.9 Å². The molecule has 0 bridgehead atoms. The molecule has 2 fully saturated rings. The second-order valence-electron chi connectivity index (χ2n) is 9.36. The average Bonchev–Trinajstić information content (AvgIpc) is 2.80. The van der Waals surface area contributed by atoms with Crippen LogP contribution in [0.2, 0.25) is 0 Å². The van der Waals surface area contributed by atoms with Crippen molar-refractivity contribution in [1.29, 1.82) is 0 Å². The van der Waals surface area contributed by atoms with E-state index in [-0.39, 0.29) is 11.7 Å². The molecule has 1 aromatic heterocycles. The number of carbonyl (C=O) groups excluding carboxylic acids is 1. The van der Waals surface area contributed by atoms with Gasteiger partial charge in [0.15, 0.2) is 5.82 Å². The molecule has 166 valence electrons. The largest absolute Gasteiger partial charge is 0.309 e. The van der Waals surface area contributed by atoms with Crippen molar-refractivity contribution in [2.75, 3.05) is 5.32 Å². The van der Waals surface area contributed by atoms with E-state index in [0.29, 0.717) is 18.2 Å². The maximum atomic E-state index is 13.3. The molecule has 0 atom stereocenters. The third-order valence-electron chi connectivity index (χ3n) is 6.96. The van der Waals surface area contributed by atoms with Crippen molar-refractivity contribution < 1.29 is 9.18 Å². The quantitative estimate of drug-likeness (QED) is 0.539. The summed E-state index contributed by atoms with van der Waals surface area (Å²) in [5.41, 5.74) is 2.42. The summed E-state index contributed by atoms with van der Waals surface area (Å²) < 4.78 is 13.3. The fraction of sp³-hybridized carbons (Fsp3) is 0.577. The van der Waals surface area contributed by atoms with Gasteiger partial charge in [-0.1, -0.05) is 51.4 Å². The number of aromatic nitrogens is 2. The molecule has 5 heteroatoms. The van der Waals surface area contributed by atoms with Crippen LogP contribution in [0.25, 0.3) is 11.3 Å². The first kappa shape index (κ1) is 21.9. The van der Waals surface area contributed by atoms with Crippen LogP contribution in [-0.2, 0) is 11.2 Å². The van der Waals surface area contributed by atoms with Crippen LogP contribution in [0.3, 0.4) is 0 Å². The summed E-state index contributed by atoms with van der Waals surface area (Å²) in [7, 11) is 0. The fourth-order valence-electron chi connectivity index (χ4n) is 5.12. The fourth-order valence-corrected chi connectivity index (χ4v) is 5.12. The molecule has 2 saturated carbocycles. The number of amides is 1. The normalized spacial score (nSPS) is 18.1. The Hall–Kier alpha value is -2.30. The van der Waals surface area contributed by atoms with Crippen LogP contribution < -0.4 is 5.32 Å². The van der Waals surface area contributed by atoms with E-state index < -0.39 is 0 Å². The minimum atomic E-state index is -0.263. The van der Waals surface area contributed by atoms with Crippen molar-refractivity contribution in [3.8, 4) is 11.3 Å².